The van der Waals surface area contributed by atoms with Gasteiger partial charge in [-0.05, 0) is 38.6 Å². The Kier molecular flexibility index (Phi) is 3.59. The van der Waals surface area contributed by atoms with Gasteiger partial charge in [-0.15, -0.1) is 0 Å². The third kappa shape index (κ3) is 3.47. The normalized spacial score (nSPS) is 30.5. The first-order valence-corrected chi connectivity index (χ1v) is 5.87. The number of ether oxygens (including phenoxy) is 1. The van der Waals surface area contributed by atoms with Crippen molar-refractivity contribution in [3.63, 3.8) is 0 Å². The average Bonchev–Trinajstić information content (AvgIpc) is 2.93. The molecule has 0 radical (unpaired) electrons. The van der Waals surface area contributed by atoms with E-state index in [1.54, 1.807) is 0 Å². The maximum atomic E-state index is 11.5. The Morgan fingerprint density at radius 2 is 2.20 bits per heavy atom. The molecule has 2 rings (SSSR count). The van der Waals surface area contributed by atoms with Crippen molar-refractivity contribution < 1.29 is 9.53 Å². The van der Waals surface area contributed by atoms with Gasteiger partial charge in [0.25, 0.3) is 0 Å². The van der Waals surface area contributed by atoms with Crippen molar-refractivity contribution in [2.75, 3.05) is 19.7 Å². The van der Waals surface area contributed by atoms with Crippen LogP contribution in [0.2, 0.25) is 0 Å². The van der Waals surface area contributed by atoms with E-state index >= 15 is 0 Å². The van der Waals surface area contributed by atoms with Crippen LogP contribution in [0.5, 0.6) is 0 Å². The molecule has 0 aromatic carbocycles. The molecule has 1 saturated carbocycles. The van der Waals surface area contributed by atoms with E-state index in [2.05, 4.69) is 10.6 Å². The second kappa shape index (κ2) is 4.94. The summed E-state index contributed by atoms with van der Waals surface area (Å²) in [5.74, 6) is 0.921. The van der Waals surface area contributed by atoms with Crippen LogP contribution in [-0.4, -0.2) is 37.7 Å². The molecule has 0 aromatic heterocycles. The Bertz CT molecular complexity index is 229. The monoisotopic (exact) mass is 212 g/mol. The molecule has 2 fully saturated rings. The van der Waals surface area contributed by atoms with Crippen LogP contribution in [-0.2, 0) is 9.53 Å². The SMILES string of the molecule is CC1OCCC1NC(=O)CNCC1CC1. The summed E-state index contributed by atoms with van der Waals surface area (Å²) in [5, 5.41) is 6.18. The molecule has 1 saturated heterocycles. The number of carbonyl (C=O) groups excluding carboxylic acids is 1. The molecule has 0 bridgehead atoms. The first-order chi connectivity index (χ1) is 7.25. The summed E-state index contributed by atoms with van der Waals surface area (Å²) in [7, 11) is 0. The van der Waals surface area contributed by atoms with Crippen molar-refractivity contribution in [1.82, 2.24) is 10.6 Å². The lowest BCUT2D eigenvalue weighted by Gasteiger charge is -2.16. The maximum Gasteiger partial charge on any atom is 0.234 e. The van der Waals surface area contributed by atoms with Gasteiger partial charge in [0, 0.05) is 6.61 Å². The molecule has 0 aromatic rings. The van der Waals surface area contributed by atoms with Crippen molar-refractivity contribution in [3.8, 4) is 0 Å². The number of hydrogen-bond acceptors (Lipinski definition) is 3. The third-order valence-electron chi connectivity index (χ3n) is 3.14. The highest BCUT2D eigenvalue weighted by Gasteiger charge is 2.25. The highest BCUT2D eigenvalue weighted by atomic mass is 16.5. The quantitative estimate of drug-likeness (QED) is 0.688. The number of nitrogens with one attached hydrogen (secondary N) is 2. The topological polar surface area (TPSA) is 50.4 Å². The van der Waals surface area contributed by atoms with Gasteiger partial charge in [0.05, 0.1) is 18.7 Å². The smallest absolute Gasteiger partial charge is 0.234 e. The fourth-order valence-corrected chi connectivity index (χ4v) is 1.89. The number of rotatable bonds is 5. The molecule has 4 nitrogen and oxygen atoms in total. The molecule has 15 heavy (non-hydrogen) atoms. The van der Waals surface area contributed by atoms with E-state index in [-0.39, 0.29) is 18.1 Å². The molecule has 1 heterocycles. The number of amides is 1. The van der Waals surface area contributed by atoms with Crippen LogP contribution in [0.25, 0.3) is 0 Å². The van der Waals surface area contributed by atoms with Gasteiger partial charge in [0.15, 0.2) is 0 Å². The first-order valence-electron chi connectivity index (χ1n) is 5.87. The fraction of sp³-hybridized carbons (Fsp3) is 0.909. The van der Waals surface area contributed by atoms with Crippen molar-refractivity contribution in [2.24, 2.45) is 5.92 Å². The highest BCUT2D eigenvalue weighted by Crippen LogP contribution is 2.27. The van der Waals surface area contributed by atoms with Crippen LogP contribution in [0.3, 0.4) is 0 Å². The first kappa shape index (κ1) is 10.9. The van der Waals surface area contributed by atoms with Crippen molar-refractivity contribution >= 4 is 5.91 Å². The van der Waals surface area contributed by atoms with E-state index in [9.17, 15) is 4.79 Å². The van der Waals surface area contributed by atoms with Gasteiger partial charge in [-0.1, -0.05) is 0 Å². The minimum atomic E-state index is 0.0954. The van der Waals surface area contributed by atoms with Crippen molar-refractivity contribution in [2.45, 2.75) is 38.3 Å². The molecule has 2 atom stereocenters. The molecule has 4 heteroatoms. The summed E-state index contributed by atoms with van der Waals surface area (Å²) in [6.45, 7) is 4.21. The van der Waals surface area contributed by atoms with Crippen molar-refractivity contribution in [3.05, 3.63) is 0 Å². The standard InChI is InChI=1S/C11H20N2O2/c1-8-10(4-5-15-8)13-11(14)7-12-6-9-2-3-9/h8-10,12H,2-7H2,1H3,(H,13,14). The van der Waals surface area contributed by atoms with Crippen LogP contribution in [0.1, 0.15) is 26.2 Å². The van der Waals surface area contributed by atoms with Crippen molar-refractivity contribution in [1.29, 1.82) is 0 Å². The summed E-state index contributed by atoms with van der Waals surface area (Å²) < 4.78 is 5.38. The van der Waals surface area contributed by atoms with Gasteiger partial charge in [-0.2, -0.15) is 0 Å². The van der Waals surface area contributed by atoms with E-state index in [0.29, 0.717) is 6.54 Å². The molecule has 2 aliphatic rings. The molecule has 2 N–H and O–H groups in total. The summed E-state index contributed by atoms with van der Waals surface area (Å²) in [6.07, 6.45) is 3.75. The lowest BCUT2D eigenvalue weighted by Crippen LogP contribution is -2.43. The summed E-state index contributed by atoms with van der Waals surface area (Å²) in [5.41, 5.74) is 0. The zero-order valence-corrected chi connectivity index (χ0v) is 9.29. The predicted molar refractivity (Wildman–Crippen MR) is 57.6 cm³/mol. The van der Waals surface area contributed by atoms with Crippen LogP contribution in [0.4, 0.5) is 0 Å². The fourth-order valence-electron chi connectivity index (χ4n) is 1.89. The Labute approximate surface area is 90.8 Å². The highest BCUT2D eigenvalue weighted by molar-refractivity contribution is 5.78. The largest absolute Gasteiger partial charge is 0.376 e. The Balaban J connectivity index is 1.58. The molecule has 1 amide bonds. The molecule has 86 valence electrons. The Morgan fingerprint density at radius 3 is 2.80 bits per heavy atom. The van der Waals surface area contributed by atoms with Gasteiger partial charge >= 0.3 is 0 Å². The maximum absolute atomic E-state index is 11.5. The van der Waals surface area contributed by atoms with E-state index < -0.39 is 0 Å². The summed E-state index contributed by atoms with van der Waals surface area (Å²) in [6, 6.07) is 0.209. The molecular weight excluding hydrogens is 192 g/mol. The molecule has 1 aliphatic carbocycles. The lowest BCUT2D eigenvalue weighted by molar-refractivity contribution is -0.121. The lowest BCUT2D eigenvalue weighted by atomic mass is 10.1. The molecule has 2 unspecified atom stereocenters. The minimum absolute atomic E-state index is 0.0954. The average molecular weight is 212 g/mol. The number of hydrogen-bond donors (Lipinski definition) is 2. The van der Waals surface area contributed by atoms with Gasteiger partial charge in [0.2, 0.25) is 5.91 Å². The minimum Gasteiger partial charge on any atom is -0.376 e. The molecular formula is C11H20N2O2. The second-order valence-electron chi connectivity index (χ2n) is 4.61. The zero-order chi connectivity index (χ0) is 10.7. The molecule has 0 spiro atoms. The molecule has 1 aliphatic heterocycles. The van der Waals surface area contributed by atoms with E-state index in [0.717, 1.165) is 25.5 Å². The van der Waals surface area contributed by atoms with Gasteiger partial charge < -0.3 is 15.4 Å². The van der Waals surface area contributed by atoms with Crippen LogP contribution < -0.4 is 10.6 Å². The van der Waals surface area contributed by atoms with Gasteiger partial charge in [-0.3, -0.25) is 4.79 Å². The van der Waals surface area contributed by atoms with Crippen LogP contribution in [0, 0.1) is 5.92 Å². The Morgan fingerprint density at radius 1 is 1.40 bits per heavy atom. The van der Waals surface area contributed by atoms with E-state index in [1.165, 1.54) is 12.8 Å². The van der Waals surface area contributed by atoms with Crippen LogP contribution in [0.15, 0.2) is 0 Å². The van der Waals surface area contributed by atoms with E-state index in [1.807, 2.05) is 6.92 Å². The van der Waals surface area contributed by atoms with Gasteiger partial charge in [0.1, 0.15) is 0 Å². The Hall–Kier alpha value is -0.610. The number of carbonyl (C=O) groups is 1. The third-order valence-corrected chi connectivity index (χ3v) is 3.14. The van der Waals surface area contributed by atoms with Crippen LogP contribution >= 0.6 is 0 Å². The summed E-state index contributed by atoms with van der Waals surface area (Å²) in [4.78, 5) is 11.5. The van der Waals surface area contributed by atoms with Gasteiger partial charge in [-0.25, -0.2) is 0 Å². The van der Waals surface area contributed by atoms with E-state index in [4.69, 9.17) is 4.74 Å². The zero-order valence-electron chi connectivity index (χ0n) is 9.29. The summed E-state index contributed by atoms with van der Waals surface area (Å²) >= 11 is 0. The second-order valence-corrected chi connectivity index (χ2v) is 4.61. The predicted octanol–water partition coefficient (Wildman–Crippen LogP) is 0.280.